The zero-order valence-electron chi connectivity index (χ0n) is 16.8. The van der Waals surface area contributed by atoms with Gasteiger partial charge < -0.3 is 5.32 Å². The number of anilines is 1. The van der Waals surface area contributed by atoms with E-state index in [-0.39, 0.29) is 5.91 Å². The summed E-state index contributed by atoms with van der Waals surface area (Å²) in [6, 6.07) is 15.4. The zero-order chi connectivity index (χ0) is 20.7. The number of nitrogens with zero attached hydrogens (tertiary/aromatic N) is 5. The van der Waals surface area contributed by atoms with Crippen molar-refractivity contribution in [3.05, 3.63) is 71.3 Å². The van der Waals surface area contributed by atoms with Gasteiger partial charge in [-0.05, 0) is 63.1 Å². The maximum Gasteiger partial charge on any atom is 0.278 e. The second-order valence-electron chi connectivity index (χ2n) is 7.62. The van der Waals surface area contributed by atoms with Gasteiger partial charge in [0.1, 0.15) is 5.82 Å². The maximum atomic E-state index is 12.7. The van der Waals surface area contributed by atoms with E-state index in [2.05, 4.69) is 30.8 Å². The van der Waals surface area contributed by atoms with E-state index in [0.29, 0.717) is 28.8 Å². The fourth-order valence-corrected chi connectivity index (χ4v) is 3.31. The Bertz CT molecular complexity index is 1200. The molecule has 30 heavy (non-hydrogen) atoms. The van der Waals surface area contributed by atoms with Crippen LogP contribution in [0.25, 0.3) is 17.1 Å². The third-order valence-electron chi connectivity index (χ3n) is 5.26. The van der Waals surface area contributed by atoms with Crippen LogP contribution in [0.3, 0.4) is 0 Å². The van der Waals surface area contributed by atoms with Gasteiger partial charge in [-0.3, -0.25) is 9.89 Å². The van der Waals surface area contributed by atoms with Crippen LogP contribution in [0.1, 0.15) is 46.3 Å². The zero-order valence-corrected chi connectivity index (χ0v) is 16.8. The summed E-state index contributed by atoms with van der Waals surface area (Å²) < 4.78 is 1.66. The molecule has 150 valence electrons. The molecule has 8 nitrogen and oxygen atoms in total. The highest BCUT2D eigenvalue weighted by Gasteiger charge is 2.27. The Morgan fingerprint density at radius 2 is 1.80 bits per heavy atom. The topological polar surface area (TPSA) is 101 Å². The molecule has 2 N–H and O–H groups in total. The number of nitrogens with one attached hydrogen (secondary N) is 2. The van der Waals surface area contributed by atoms with Crippen LogP contribution in [0.4, 0.5) is 5.69 Å². The van der Waals surface area contributed by atoms with E-state index in [4.69, 9.17) is 0 Å². The molecule has 0 unspecified atom stereocenters. The molecular weight excluding hydrogens is 378 g/mol. The summed E-state index contributed by atoms with van der Waals surface area (Å²) in [5.41, 5.74) is 4.57. The summed E-state index contributed by atoms with van der Waals surface area (Å²) in [5.74, 6) is 1.86. The van der Waals surface area contributed by atoms with Crippen molar-refractivity contribution >= 4 is 11.6 Å². The summed E-state index contributed by atoms with van der Waals surface area (Å²) in [4.78, 5) is 17.3. The largest absolute Gasteiger partial charge is 0.321 e. The molecular formula is C22H21N7O. The number of aryl methyl sites for hydroxylation is 1. The quantitative estimate of drug-likeness (QED) is 0.531. The normalized spacial score (nSPS) is 13.4. The third kappa shape index (κ3) is 3.47. The summed E-state index contributed by atoms with van der Waals surface area (Å²) >= 11 is 0. The number of H-pyrrole nitrogens is 1. The van der Waals surface area contributed by atoms with E-state index in [9.17, 15) is 4.79 Å². The van der Waals surface area contributed by atoms with Crippen LogP contribution in [-0.4, -0.2) is 36.1 Å². The van der Waals surface area contributed by atoms with Crippen LogP contribution in [-0.2, 0) is 0 Å². The molecule has 0 bridgehead atoms. The Kier molecular flexibility index (Phi) is 4.39. The molecule has 2 aromatic carbocycles. The predicted octanol–water partition coefficient (Wildman–Crippen LogP) is 3.80. The minimum atomic E-state index is -0.299. The van der Waals surface area contributed by atoms with Gasteiger partial charge in [-0.2, -0.15) is 5.10 Å². The Morgan fingerprint density at radius 3 is 2.50 bits per heavy atom. The summed E-state index contributed by atoms with van der Waals surface area (Å²) in [7, 11) is 0. The van der Waals surface area contributed by atoms with Crippen molar-refractivity contribution < 1.29 is 4.79 Å². The van der Waals surface area contributed by atoms with Gasteiger partial charge in [0.25, 0.3) is 5.91 Å². The number of carbonyl (C=O) groups is 1. The molecule has 0 radical (unpaired) electrons. The molecule has 0 saturated heterocycles. The molecule has 0 atom stereocenters. The molecule has 0 aliphatic heterocycles. The van der Waals surface area contributed by atoms with Crippen molar-refractivity contribution in [1.82, 2.24) is 30.2 Å². The van der Waals surface area contributed by atoms with Gasteiger partial charge >= 0.3 is 0 Å². The van der Waals surface area contributed by atoms with Gasteiger partial charge in [-0.1, -0.05) is 22.9 Å². The molecule has 8 heteroatoms. The molecule has 1 amide bonds. The fraction of sp³-hybridized carbons (Fsp3) is 0.227. The molecule has 1 fully saturated rings. The minimum Gasteiger partial charge on any atom is -0.321 e. The van der Waals surface area contributed by atoms with Crippen LogP contribution < -0.4 is 5.32 Å². The van der Waals surface area contributed by atoms with Crippen molar-refractivity contribution in [2.45, 2.75) is 32.6 Å². The van der Waals surface area contributed by atoms with E-state index < -0.39 is 0 Å². The number of benzene rings is 2. The standard InChI is InChI=1S/C22H21N7O/c1-13-3-11-18(12-4-13)29-14(2)19(25-28-29)22(30)23-17-9-7-16(8-10-17)21-24-20(26-27-21)15-5-6-15/h3-4,7-12,15H,5-6H2,1-2H3,(H,23,30)(H,24,26,27). The number of hydrogen-bond acceptors (Lipinski definition) is 5. The SMILES string of the molecule is Cc1ccc(-n2nnc(C(=O)Nc3ccc(-c4n[nH]c(C5CC5)n4)cc3)c2C)cc1. The lowest BCUT2D eigenvalue weighted by Gasteiger charge is -2.06. The van der Waals surface area contributed by atoms with Gasteiger partial charge in [0.2, 0.25) is 0 Å². The molecule has 1 saturated carbocycles. The lowest BCUT2D eigenvalue weighted by Crippen LogP contribution is -2.14. The van der Waals surface area contributed by atoms with Crippen molar-refractivity contribution in [3.63, 3.8) is 0 Å². The van der Waals surface area contributed by atoms with Gasteiger partial charge in [-0.25, -0.2) is 9.67 Å². The van der Waals surface area contributed by atoms with E-state index in [1.54, 1.807) is 4.68 Å². The minimum absolute atomic E-state index is 0.294. The van der Waals surface area contributed by atoms with E-state index in [1.165, 1.54) is 12.8 Å². The van der Waals surface area contributed by atoms with Crippen molar-refractivity contribution in [2.24, 2.45) is 0 Å². The lowest BCUT2D eigenvalue weighted by atomic mass is 10.2. The van der Waals surface area contributed by atoms with Crippen LogP contribution in [0, 0.1) is 13.8 Å². The molecule has 5 rings (SSSR count). The number of amides is 1. The molecule has 4 aromatic rings. The van der Waals surface area contributed by atoms with E-state index in [1.807, 2.05) is 62.4 Å². The summed E-state index contributed by atoms with van der Waals surface area (Å²) in [6.07, 6.45) is 2.35. The Balaban J connectivity index is 1.31. The lowest BCUT2D eigenvalue weighted by molar-refractivity contribution is 0.102. The van der Waals surface area contributed by atoms with Gasteiger partial charge in [0, 0.05) is 17.2 Å². The monoisotopic (exact) mass is 399 g/mol. The molecule has 1 aliphatic carbocycles. The highest BCUT2D eigenvalue weighted by atomic mass is 16.2. The first-order valence-electron chi connectivity index (χ1n) is 9.92. The molecule has 2 aromatic heterocycles. The molecule has 1 aliphatic rings. The van der Waals surface area contributed by atoms with Crippen LogP contribution >= 0.6 is 0 Å². The summed E-state index contributed by atoms with van der Waals surface area (Å²) in [6.45, 7) is 3.86. The first-order valence-corrected chi connectivity index (χ1v) is 9.92. The number of hydrogen-bond donors (Lipinski definition) is 2. The van der Waals surface area contributed by atoms with Crippen molar-refractivity contribution in [1.29, 1.82) is 0 Å². The molecule has 2 heterocycles. The second-order valence-corrected chi connectivity index (χ2v) is 7.62. The van der Waals surface area contributed by atoms with Crippen LogP contribution in [0.15, 0.2) is 48.5 Å². The first kappa shape index (κ1) is 18.2. The number of carbonyl (C=O) groups excluding carboxylic acids is 1. The highest BCUT2D eigenvalue weighted by molar-refractivity contribution is 6.03. The smallest absolute Gasteiger partial charge is 0.278 e. The van der Waals surface area contributed by atoms with Crippen molar-refractivity contribution in [2.75, 3.05) is 5.32 Å². The summed E-state index contributed by atoms with van der Waals surface area (Å²) in [5, 5.41) is 18.4. The third-order valence-corrected chi connectivity index (χ3v) is 5.26. The average molecular weight is 399 g/mol. The van der Waals surface area contributed by atoms with Crippen LogP contribution in [0.2, 0.25) is 0 Å². The average Bonchev–Trinajstić information content (AvgIpc) is 3.35. The predicted molar refractivity (Wildman–Crippen MR) is 113 cm³/mol. The Labute approximate surface area is 173 Å². The van der Waals surface area contributed by atoms with E-state index in [0.717, 1.165) is 22.6 Å². The maximum absolute atomic E-state index is 12.7. The van der Waals surface area contributed by atoms with Gasteiger partial charge in [0.05, 0.1) is 11.4 Å². The van der Waals surface area contributed by atoms with Crippen molar-refractivity contribution in [3.8, 4) is 17.1 Å². The second kappa shape index (κ2) is 7.22. The Morgan fingerprint density at radius 1 is 1.07 bits per heavy atom. The number of rotatable bonds is 5. The van der Waals surface area contributed by atoms with Gasteiger partial charge in [-0.15, -0.1) is 5.10 Å². The fourth-order valence-electron chi connectivity index (χ4n) is 3.31. The number of aromatic nitrogens is 6. The first-order chi connectivity index (χ1) is 14.6. The van der Waals surface area contributed by atoms with Crippen LogP contribution in [0.5, 0.6) is 0 Å². The van der Waals surface area contributed by atoms with Gasteiger partial charge in [0.15, 0.2) is 11.5 Å². The molecule has 0 spiro atoms. The van der Waals surface area contributed by atoms with E-state index >= 15 is 0 Å². The highest BCUT2D eigenvalue weighted by Crippen LogP contribution is 2.38. The Hall–Kier alpha value is -3.81. The number of aromatic amines is 1.